The van der Waals surface area contributed by atoms with Crippen molar-refractivity contribution in [2.75, 3.05) is 29.1 Å². The van der Waals surface area contributed by atoms with E-state index in [1.165, 1.54) is 12.1 Å². The van der Waals surface area contributed by atoms with Gasteiger partial charge in [0.15, 0.2) is 5.11 Å². The Labute approximate surface area is 174 Å². The maximum absolute atomic E-state index is 12.9. The van der Waals surface area contributed by atoms with E-state index in [0.29, 0.717) is 11.5 Å². The molecule has 1 aliphatic heterocycles. The highest BCUT2D eigenvalue weighted by molar-refractivity contribution is 7.98. The van der Waals surface area contributed by atoms with E-state index >= 15 is 0 Å². The Balaban J connectivity index is 1.34. The molecule has 1 aliphatic rings. The fourth-order valence-electron chi connectivity index (χ4n) is 2.99. The first-order chi connectivity index (χ1) is 13.6. The van der Waals surface area contributed by atoms with E-state index in [1.807, 2.05) is 53.1 Å². The lowest BCUT2D eigenvalue weighted by Gasteiger charge is -2.17. The van der Waals surface area contributed by atoms with E-state index in [9.17, 15) is 9.18 Å². The van der Waals surface area contributed by atoms with Gasteiger partial charge in [-0.3, -0.25) is 4.79 Å². The summed E-state index contributed by atoms with van der Waals surface area (Å²) in [6, 6.07) is 14.4. The van der Waals surface area contributed by atoms with Gasteiger partial charge in [0.25, 0.3) is 0 Å². The van der Waals surface area contributed by atoms with Crippen LogP contribution in [-0.4, -0.2) is 29.9 Å². The first-order valence-electron chi connectivity index (χ1n) is 9.39. The third kappa shape index (κ3) is 6.21. The highest BCUT2D eigenvalue weighted by Crippen LogP contribution is 2.24. The van der Waals surface area contributed by atoms with Gasteiger partial charge in [-0.25, -0.2) is 4.39 Å². The van der Waals surface area contributed by atoms with Gasteiger partial charge < -0.3 is 15.5 Å². The smallest absolute Gasteiger partial charge is 0.227 e. The minimum Gasteiger partial charge on any atom is -0.362 e. The van der Waals surface area contributed by atoms with Gasteiger partial charge >= 0.3 is 0 Å². The van der Waals surface area contributed by atoms with Gasteiger partial charge in [-0.15, -0.1) is 0 Å². The number of carbonyl (C=O) groups is 1. The lowest BCUT2D eigenvalue weighted by atomic mass is 10.2. The molecule has 28 heavy (non-hydrogen) atoms. The molecule has 1 fully saturated rings. The summed E-state index contributed by atoms with van der Waals surface area (Å²) in [4.78, 5) is 13.7. The molecule has 148 valence electrons. The van der Waals surface area contributed by atoms with Crippen LogP contribution in [-0.2, 0) is 10.5 Å². The number of thioether (sulfide) groups is 1. The standard InChI is InChI=1S/C21H24FN3OS2/c22-17-9-7-16(8-10-17)15-28-13-3-11-23-21(27)24-18-4-1-5-19(14-18)25-12-2-6-20(25)26/h1,4-5,7-10,14H,2-3,6,11-13,15H2,(H2,23,24,27). The van der Waals surface area contributed by atoms with Crippen molar-refractivity contribution in [1.29, 1.82) is 0 Å². The molecule has 0 radical (unpaired) electrons. The minimum absolute atomic E-state index is 0.177. The zero-order valence-corrected chi connectivity index (χ0v) is 17.3. The summed E-state index contributed by atoms with van der Waals surface area (Å²) in [6.07, 6.45) is 2.52. The van der Waals surface area contributed by atoms with Crippen LogP contribution in [0.5, 0.6) is 0 Å². The molecule has 0 spiro atoms. The molecule has 2 aromatic rings. The molecule has 0 saturated carbocycles. The fraction of sp³-hybridized carbons (Fsp3) is 0.333. The van der Waals surface area contributed by atoms with Crippen LogP contribution in [0.4, 0.5) is 15.8 Å². The van der Waals surface area contributed by atoms with Crippen LogP contribution in [0, 0.1) is 5.82 Å². The Morgan fingerprint density at radius 1 is 1.21 bits per heavy atom. The summed E-state index contributed by atoms with van der Waals surface area (Å²) in [5.41, 5.74) is 2.92. The van der Waals surface area contributed by atoms with Gasteiger partial charge in [0.05, 0.1) is 0 Å². The molecule has 3 rings (SSSR count). The van der Waals surface area contributed by atoms with Gasteiger partial charge in [0, 0.05) is 36.6 Å². The lowest BCUT2D eigenvalue weighted by Crippen LogP contribution is -2.29. The van der Waals surface area contributed by atoms with Crippen molar-refractivity contribution in [2.45, 2.75) is 25.0 Å². The summed E-state index contributed by atoms with van der Waals surface area (Å²) < 4.78 is 12.9. The van der Waals surface area contributed by atoms with Crippen molar-refractivity contribution >= 4 is 46.4 Å². The Morgan fingerprint density at radius 2 is 2.04 bits per heavy atom. The number of carbonyl (C=O) groups excluding carboxylic acids is 1. The summed E-state index contributed by atoms with van der Waals surface area (Å²) in [5, 5.41) is 6.97. The van der Waals surface area contributed by atoms with E-state index in [-0.39, 0.29) is 11.7 Å². The average Bonchev–Trinajstić information content (AvgIpc) is 3.12. The predicted molar refractivity (Wildman–Crippen MR) is 119 cm³/mol. The van der Waals surface area contributed by atoms with E-state index < -0.39 is 0 Å². The Kier molecular flexibility index (Phi) is 7.68. The average molecular weight is 418 g/mol. The number of rotatable bonds is 8. The first-order valence-corrected chi connectivity index (χ1v) is 11.0. The Hall–Kier alpha value is -2.12. The van der Waals surface area contributed by atoms with Gasteiger partial charge in [-0.2, -0.15) is 11.8 Å². The topological polar surface area (TPSA) is 44.4 Å². The second kappa shape index (κ2) is 10.4. The monoisotopic (exact) mass is 417 g/mol. The molecule has 1 amide bonds. The van der Waals surface area contributed by atoms with Crippen LogP contribution in [0.3, 0.4) is 0 Å². The number of benzene rings is 2. The molecular weight excluding hydrogens is 393 g/mol. The van der Waals surface area contributed by atoms with Gasteiger partial charge in [-0.05, 0) is 66.7 Å². The Bertz CT molecular complexity index is 814. The molecular formula is C21H24FN3OS2. The molecule has 2 aromatic carbocycles. The summed E-state index contributed by atoms with van der Waals surface area (Å²) >= 11 is 7.18. The maximum atomic E-state index is 12.9. The third-order valence-electron chi connectivity index (χ3n) is 4.42. The van der Waals surface area contributed by atoms with Gasteiger partial charge in [0.2, 0.25) is 5.91 Å². The van der Waals surface area contributed by atoms with Crippen molar-refractivity contribution in [2.24, 2.45) is 0 Å². The molecule has 2 N–H and O–H groups in total. The van der Waals surface area contributed by atoms with Crippen LogP contribution in [0.2, 0.25) is 0 Å². The number of nitrogens with one attached hydrogen (secondary N) is 2. The zero-order chi connectivity index (χ0) is 19.8. The highest BCUT2D eigenvalue weighted by Gasteiger charge is 2.21. The molecule has 7 heteroatoms. The number of hydrogen-bond donors (Lipinski definition) is 2. The molecule has 0 unspecified atom stereocenters. The number of halogens is 1. The van der Waals surface area contributed by atoms with Crippen LogP contribution < -0.4 is 15.5 Å². The minimum atomic E-state index is -0.198. The van der Waals surface area contributed by atoms with Crippen LogP contribution in [0.15, 0.2) is 48.5 Å². The molecule has 0 aliphatic carbocycles. The number of thiocarbonyl (C=S) groups is 1. The van der Waals surface area contributed by atoms with Crippen LogP contribution >= 0.6 is 24.0 Å². The van der Waals surface area contributed by atoms with Crippen LogP contribution in [0.25, 0.3) is 0 Å². The van der Waals surface area contributed by atoms with E-state index in [2.05, 4.69) is 10.6 Å². The molecule has 1 heterocycles. The molecule has 0 bridgehead atoms. The fourth-order valence-corrected chi connectivity index (χ4v) is 4.14. The normalized spacial score (nSPS) is 13.6. The van der Waals surface area contributed by atoms with Gasteiger partial charge in [-0.1, -0.05) is 18.2 Å². The molecule has 4 nitrogen and oxygen atoms in total. The van der Waals surface area contributed by atoms with Crippen molar-refractivity contribution in [1.82, 2.24) is 5.32 Å². The highest BCUT2D eigenvalue weighted by atomic mass is 32.2. The molecule has 0 atom stereocenters. The maximum Gasteiger partial charge on any atom is 0.227 e. The summed E-state index contributed by atoms with van der Waals surface area (Å²) in [7, 11) is 0. The second-order valence-electron chi connectivity index (χ2n) is 6.61. The molecule has 1 saturated heterocycles. The lowest BCUT2D eigenvalue weighted by molar-refractivity contribution is -0.117. The number of anilines is 2. The van der Waals surface area contributed by atoms with E-state index in [4.69, 9.17) is 12.2 Å². The SMILES string of the molecule is O=C1CCCN1c1cccc(NC(=S)NCCCSCc2ccc(F)cc2)c1. The van der Waals surface area contributed by atoms with Crippen molar-refractivity contribution in [3.8, 4) is 0 Å². The summed E-state index contributed by atoms with van der Waals surface area (Å²) in [5.74, 6) is 1.86. The van der Waals surface area contributed by atoms with Crippen LogP contribution in [0.1, 0.15) is 24.8 Å². The Morgan fingerprint density at radius 3 is 2.79 bits per heavy atom. The summed E-state index contributed by atoms with van der Waals surface area (Å²) in [6.45, 7) is 1.56. The first kappa shape index (κ1) is 20.6. The predicted octanol–water partition coefficient (Wildman–Crippen LogP) is 4.56. The molecule has 0 aromatic heterocycles. The zero-order valence-electron chi connectivity index (χ0n) is 15.6. The van der Waals surface area contributed by atoms with Crippen molar-refractivity contribution < 1.29 is 9.18 Å². The van der Waals surface area contributed by atoms with Crippen molar-refractivity contribution in [3.63, 3.8) is 0 Å². The third-order valence-corrected chi connectivity index (χ3v) is 5.78. The second-order valence-corrected chi connectivity index (χ2v) is 8.13. The van der Waals surface area contributed by atoms with Gasteiger partial charge in [0.1, 0.15) is 5.82 Å². The number of hydrogen-bond acceptors (Lipinski definition) is 3. The number of amides is 1. The quantitative estimate of drug-likeness (QED) is 0.487. The van der Waals surface area contributed by atoms with E-state index in [0.717, 1.165) is 54.4 Å². The number of nitrogens with zero attached hydrogens (tertiary/aromatic N) is 1. The largest absolute Gasteiger partial charge is 0.362 e. The van der Waals surface area contributed by atoms with Crippen molar-refractivity contribution in [3.05, 3.63) is 59.9 Å². The van der Waals surface area contributed by atoms with E-state index in [1.54, 1.807) is 0 Å².